The van der Waals surface area contributed by atoms with Crippen LogP contribution in [0.2, 0.25) is 0 Å². The van der Waals surface area contributed by atoms with Crippen LogP contribution < -0.4 is 10.0 Å². The Bertz CT molecular complexity index is 958. The molecular formula is C18H19FN2O5S. The molecule has 0 saturated carbocycles. The third-order valence-electron chi connectivity index (χ3n) is 3.71. The highest BCUT2D eigenvalue weighted by Crippen LogP contribution is 2.21. The maximum atomic E-state index is 13.0. The van der Waals surface area contributed by atoms with E-state index in [1.54, 1.807) is 6.92 Å². The van der Waals surface area contributed by atoms with E-state index in [-0.39, 0.29) is 16.1 Å². The van der Waals surface area contributed by atoms with Crippen LogP contribution in [0.1, 0.15) is 22.8 Å². The molecule has 9 heteroatoms. The van der Waals surface area contributed by atoms with Crippen LogP contribution in [0, 0.1) is 12.7 Å². The molecule has 0 radical (unpaired) electrons. The number of halogens is 1. The van der Waals surface area contributed by atoms with E-state index in [9.17, 15) is 22.4 Å². The van der Waals surface area contributed by atoms with Gasteiger partial charge in [0, 0.05) is 12.7 Å². The lowest BCUT2D eigenvalue weighted by Crippen LogP contribution is -2.33. The van der Waals surface area contributed by atoms with Crippen LogP contribution in [-0.2, 0) is 19.6 Å². The van der Waals surface area contributed by atoms with Crippen molar-refractivity contribution < 1.29 is 27.1 Å². The maximum Gasteiger partial charge on any atom is 0.338 e. The minimum atomic E-state index is -4.02. The lowest BCUT2D eigenvalue weighted by molar-refractivity contribution is -0.128. The summed E-state index contributed by atoms with van der Waals surface area (Å²) in [4.78, 5) is 23.5. The molecule has 0 fully saturated rings. The molecule has 0 aromatic heterocycles. The molecule has 2 aromatic rings. The van der Waals surface area contributed by atoms with Crippen LogP contribution in [0.3, 0.4) is 0 Å². The zero-order valence-corrected chi connectivity index (χ0v) is 15.8. The number of aryl methyl sites for hydroxylation is 1. The highest BCUT2D eigenvalue weighted by atomic mass is 32.2. The van der Waals surface area contributed by atoms with E-state index in [0.717, 1.165) is 12.1 Å². The maximum absolute atomic E-state index is 13.0. The second-order valence-electron chi connectivity index (χ2n) is 5.75. The van der Waals surface area contributed by atoms with Crippen molar-refractivity contribution in [2.45, 2.75) is 24.8 Å². The van der Waals surface area contributed by atoms with Gasteiger partial charge in [-0.2, -0.15) is 0 Å². The predicted molar refractivity (Wildman–Crippen MR) is 97.3 cm³/mol. The van der Waals surface area contributed by atoms with Gasteiger partial charge in [0.05, 0.1) is 10.5 Å². The summed E-state index contributed by atoms with van der Waals surface area (Å²) in [5.74, 6) is -1.81. The smallest absolute Gasteiger partial charge is 0.338 e. The van der Waals surface area contributed by atoms with Gasteiger partial charge in [-0.25, -0.2) is 17.6 Å². The summed E-state index contributed by atoms with van der Waals surface area (Å²) in [6.45, 7) is 2.97. The number of amides is 1. The first kappa shape index (κ1) is 20.4. The van der Waals surface area contributed by atoms with Gasteiger partial charge in [-0.15, -0.1) is 0 Å². The molecule has 0 spiro atoms. The summed E-state index contributed by atoms with van der Waals surface area (Å²) in [7, 11) is -2.61. The summed E-state index contributed by atoms with van der Waals surface area (Å²) in [6.07, 6.45) is -1.03. The molecule has 0 saturated heterocycles. The molecular weight excluding hydrogens is 375 g/mol. The number of rotatable bonds is 6. The van der Waals surface area contributed by atoms with Crippen molar-refractivity contribution >= 4 is 27.6 Å². The van der Waals surface area contributed by atoms with Gasteiger partial charge in [-0.1, -0.05) is 6.07 Å². The van der Waals surface area contributed by atoms with E-state index in [2.05, 4.69) is 10.0 Å². The number of nitrogens with one attached hydrogen (secondary N) is 2. The molecule has 0 aliphatic carbocycles. The Morgan fingerprint density at radius 2 is 1.74 bits per heavy atom. The number of sulfonamides is 1. The summed E-state index contributed by atoms with van der Waals surface area (Å²) in [6, 6.07) is 8.85. The number of likely N-dealkylation sites (N-methyl/N-ethyl adjacent to an activating group) is 1. The molecule has 2 rings (SSSR count). The number of carbonyl (C=O) groups excluding carboxylic acids is 2. The first-order chi connectivity index (χ1) is 12.6. The Hall–Kier alpha value is -2.94. The van der Waals surface area contributed by atoms with Gasteiger partial charge in [0.25, 0.3) is 15.9 Å². The normalized spacial score (nSPS) is 12.1. The molecule has 2 aromatic carbocycles. The molecule has 0 bridgehead atoms. The monoisotopic (exact) mass is 394 g/mol. The van der Waals surface area contributed by atoms with Crippen LogP contribution in [0.5, 0.6) is 0 Å². The molecule has 27 heavy (non-hydrogen) atoms. The van der Waals surface area contributed by atoms with Crippen molar-refractivity contribution in [3.63, 3.8) is 0 Å². The summed E-state index contributed by atoms with van der Waals surface area (Å²) in [5.41, 5.74) is 0.563. The van der Waals surface area contributed by atoms with Crippen LogP contribution in [0.25, 0.3) is 0 Å². The van der Waals surface area contributed by atoms with Gasteiger partial charge in [-0.05, 0) is 55.8 Å². The third kappa shape index (κ3) is 5.04. The van der Waals surface area contributed by atoms with Crippen molar-refractivity contribution in [2.75, 3.05) is 11.8 Å². The number of ether oxygens (including phenoxy) is 1. The van der Waals surface area contributed by atoms with E-state index < -0.39 is 33.8 Å². The van der Waals surface area contributed by atoms with Gasteiger partial charge in [0.1, 0.15) is 5.82 Å². The standard InChI is InChI=1S/C18H19FN2O5S/c1-11-4-5-13(18(23)26-12(2)17(22)20-3)10-16(11)27(24,25)21-15-8-6-14(19)7-9-15/h4-10,12,21H,1-3H3,(H,20,22)/t12-/m0/s1. The fourth-order valence-corrected chi connectivity index (χ4v) is 3.56. The highest BCUT2D eigenvalue weighted by molar-refractivity contribution is 7.92. The van der Waals surface area contributed by atoms with Crippen molar-refractivity contribution in [3.8, 4) is 0 Å². The fourth-order valence-electron chi connectivity index (χ4n) is 2.23. The van der Waals surface area contributed by atoms with Crippen LogP contribution in [0.15, 0.2) is 47.4 Å². The highest BCUT2D eigenvalue weighted by Gasteiger charge is 2.22. The Morgan fingerprint density at radius 3 is 2.33 bits per heavy atom. The molecule has 0 heterocycles. The fraction of sp³-hybridized carbons (Fsp3) is 0.222. The van der Waals surface area contributed by atoms with Crippen LogP contribution in [-0.4, -0.2) is 33.4 Å². The first-order valence-corrected chi connectivity index (χ1v) is 9.44. The SMILES string of the molecule is CNC(=O)[C@H](C)OC(=O)c1ccc(C)c(S(=O)(=O)Nc2ccc(F)cc2)c1. The summed E-state index contributed by atoms with van der Waals surface area (Å²) in [5, 5.41) is 2.35. The van der Waals surface area contributed by atoms with E-state index in [1.807, 2.05) is 0 Å². The minimum Gasteiger partial charge on any atom is -0.449 e. The quantitative estimate of drug-likeness (QED) is 0.732. The van der Waals surface area contributed by atoms with Gasteiger partial charge in [0.15, 0.2) is 6.10 Å². The average molecular weight is 394 g/mol. The molecule has 144 valence electrons. The Balaban J connectivity index is 2.29. The van der Waals surface area contributed by atoms with Crippen LogP contribution in [0.4, 0.5) is 10.1 Å². The van der Waals surface area contributed by atoms with Gasteiger partial charge >= 0.3 is 5.97 Å². The second-order valence-corrected chi connectivity index (χ2v) is 7.41. The third-order valence-corrected chi connectivity index (χ3v) is 5.23. The molecule has 0 aliphatic heterocycles. The van der Waals surface area contributed by atoms with Crippen molar-refractivity contribution in [1.82, 2.24) is 5.32 Å². The minimum absolute atomic E-state index is 0.0177. The molecule has 2 N–H and O–H groups in total. The Kier molecular flexibility index (Phi) is 6.17. The van der Waals surface area contributed by atoms with Crippen molar-refractivity contribution in [2.24, 2.45) is 0 Å². The molecule has 1 amide bonds. The van der Waals surface area contributed by atoms with Crippen molar-refractivity contribution in [3.05, 3.63) is 59.4 Å². The average Bonchev–Trinajstić information content (AvgIpc) is 2.62. The number of hydrogen-bond donors (Lipinski definition) is 2. The molecule has 1 atom stereocenters. The van der Waals surface area contributed by atoms with E-state index >= 15 is 0 Å². The lowest BCUT2D eigenvalue weighted by atomic mass is 10.1. The number of anilines is 1. The number of hydrogen-bond acceptors (Lipinski definition) is 5. The number of esters is 1. The van der Waals surface area contributed by atoms with Crippen molar-refractivity contribution in [1.29, 1.82) is 0 Å². The summed E-state index contributed by atoms with van der Waals surface area (Å²) < 4.78 is 45.6. The number of carbonyl (C=O) groups is 2. The predicted octanol–water partition coefficient (Wildman–Crippen LogP) is 2.23. The Labute approximate surface area is 156 Å². The Morgan fingerprint density at radius 1 is 1.11 bits per heavy atom. The van der Waals surface area contributed by atoms with Gasteiger partial charge < -0.3 is 10.1 Å². The summed E-state index contributed by atoms with van der Waals surface area (Å²) >= 11 is 0. The van der Waals surface area contributed by atoms with Gasteiger partial charge in [0.2, 0.25) is 0 Å². The largest absolute Gasteiger partial charge is 0.449 e. The van der Waals surface area contributed by atoms with E-state index in [0.29, 0.717) is 5.56 Å². The van der Waals surface area contributed by atoms with Gasteiger partial charge in [-0.3, -0.25) is 9.52 Å². The topological polar surface area (TPSA) is 102 Å². The van der Waals surface area contributed by atoms with E-state index in [4.69, 9.17) is 4.74 Å². The molecule has 0 aliphatic rings. The zero-order chi connectivity index (χ0) is 20.2. The van der Waals surface area contributed by atoms with E-state index in [1.165, 1.54) is 44.3 Å². The van der Waals surface area contributed by atoms with Crippen LogP contribution >= 0.6 is 0 Å². The molecule has 7 nitrogen and oxygen atoms in total. The molecule has 0 unspecified atom stereocenters. The zero-order valence-electron chi connectivity index (χ0n) is 14.9. The number of benzene rings is 2. The lowest BCUT2D eigenvalue weighted by Gasteiger charge is -2.14. The first-order valence-electron chi connectivity index (χ1n) is 7.95. The second kappa shape index (κ2) is 8.17.